The van der Waals surface area contributed by atoms with Crippen LogP contribution in [0, 0.1) is 12.7 Å². The van der Waals surface area contributed by atoms with Gasteiger partial charge in [0.25, 0.3) is 0 Å². The zero-order valence-electron chi connectivity index (χ0n) is 9.34. The first kappa shape index (κ1) is 10.6. The van der Waals surface area contributed by atoms with Gasteiger partial charge in [-0.25, -0.2) is 4.39 Å². The minimum atomic E-state index is -0.245. The molecular weight excluding hydrogens is 203 g/mol. The predicted octanol–water partition coefficient (Wildman–Crippen LogP) is 3.56. The molecule has 3 heteroatoms. The maximum Gasteiger partial charge on any atom is 0.131 e. The molecule has 0 bridgehead atoms. The molecule has 0 spiro atoms. The molecule has 2 rings (SSSR count). The minimum Gasteiger partial charge on any atom is -0.285 e. The number of halogens is 1. The van der Waals surface area contributed by atoms with Gasteiger partial charge in [-0.05, 0) is 37.1 Å². The number of rotatable bonds is 2. The van der Waals surface area contributed by atoms with E-state index in [9.17, 15) is 4.39 Å². The largest absolute Gasteiger partial charge is 0.285 e. The Labute approximate surface area is 93.8 Å². The van der Waals surface area contributed by atoms with Gasteiger partial charge in [-0.1, -0.05) is 12.2 Å². The van der Waals surface area contributed by atoms with Gasteiger partial charge in [-0.15, -0.1) is 0 Å². The van der Waals surface area contributed by atoms with Gasteiger partial charge in [0, 0.05) is 17.3 Å². The van der Waals surface area contributed by atoms with Crippen LogP contribution in [0.25, 0.3) is 16.7 Å². The molecule has 0 amide bonds. The van der Waals surface area contributed by atoms with Crippen molar-refractivity contribution in [2.75, 3.05) is 0 Å². The number of nitrogens with one attached hydrogen (secondary N) is 1. The molecule has 0 atom stereocenters. The van der Waals surface area contributed by atoms with E-state index in [1.165, 1.54) is 6.07 Å². The van der Waals surface area contributed by atoms with Crippen molar-refractivity contribution in [3.63, 3.8) is 0 Å². The Morgan fingerprint density at radius 2 is 2.19 bits per heavy atom. The first-order chi connectivity index (χ1) is 7.59. The highest BCUT2D eigenvalue weighted by Gasteiger charge is 2.10. The Morgan fingerprint density at radius 1 is 1.44 bits per heavy atom. The number of nitrogens with zero attached hydrogens (tertiary/aromatic N) is 1. The van der Waals surface area contributed by atoms with Crippen molar-refractivity contribution in [1.82, 2.24) is 10.2 Å². The standard InChI is InChI=1S/C13H13FN2/c1-8(2)11-5-13(14)12(4-9(11)3)10-6-15-16-7-10/h4-7H,1H2,2-3H3,(H,15,16). The van der Waals surface area contributed by atoms with Gasteiger partial charge in [-0.2, -0.15) is 5.10 Å². The second-order valence-electron chi connectivity index (χ2n) is 3.91. The number of benzene rings is 1. The Bertz CT molecular complexity index is 527. The summed E-state index contributed by atoms with van der Waals surface area (Å²) in [6, 6.07) is 3.35. The third kappa shape index (κ3) is 1.76. The van der Waals surface area contributed by atoms with Gasteiger partial charge < -0.3 is 0 Å². The van der Waals surface area contributed by atoms with Gasteiger partial charge in [0.1, 0.15) is 5.82 Å². The molecule has 0 aliphatic carbocycles. The van der Waals surface area contributed by atoms with Gasteiger partial charge in [0.05, 0.1) is 6.20 Å². The molecule has 0 aliphatic heterocycles. The summed E-state index contributed by atoms with van der Waals surface area (Å²) in [5.41, 5.74) is 4.08. The van der Waals surface area contributed by atoms with Gasteiger partial charge in [0.15, 0.2) is 0 Å². The van der Waals surface area contributed by atoms with Gasteiger partial charge in [0.2, 0.25) is 0 Å². The summed E-state index contributed by atoms with van der Waals surface area (Å²) in [6.07, 6.45) is 3.29. The molecule has 0 fully saturated rings. The van der Waals surface area contributed by atoms with Crippen LogP contribution in [0.2, 0.25) is 0 Å². The normalized spacial score (nSPS) is 10.4. The summed E-state index contributed by atoms with van der Waals surface area (Å²) in [7, 11) is 0. The van der Waals surface area contributed by atoms with Crippen LogP contribution in [0.4, 0.5) is 4.39 Å². The monoisotopic (exact) mass is 216 g/mol. The molecular formula is C13H13FN2. The average molecular weight is 216 g/mol. The van der Waals surface area contributed by atoms with Gasteiger partial charge in [-0.3, -0.25) is 5.10 Å². The summed E-state index contributed by atoms with van der Waals surface area (Å²) in [6.45, 7) is 7.66. The number of H-pyrrole nitrogens is 1. The molecule has 16 heavy (non-hydrogen) atoms. The van der Waals surface area contributed by atoms with E-state index in [0.717, 1.165) is 22.3 Å². The molecule has 2 aromatic rings. The van der Waals surface area contributed by atoms with Crippen LogP contribution in [0.5, 0.6) is 0 Å². The Kier molecular flexibility index (Phi) is 2.60. The van der Waals surface area contributed by atoms with Crippen LogP contribution in [-0.4, -0.2) is 10.2 Å². The summed E-state index contributed by atoms with van der Waals surface area (Å²) in [5.74, 6) is -0.245. The van der Waals surface area contributed by atoms with Crippen LogP contribution in [0.15, 0.2) is 31.1 Å². The van der Waals surface area contributed by atoms with E-state index in [1.807, 2.05) is 19.9 Å². The first-order valence-electron chi connectivity index (χ1n) is 5.05. The molecule has 0 saturated carbocycles. The zero-order valence-corrected chi connectivity index (χ0v) is 9.34. The molecule has 1 N–H and O–H groups in total. The average Bonchev–Trinajstić information content (AvgIpc) is 2.73. The second-order valence-corrected chi connectivity index (χ2v) is 3.91. The molecule has 0 saturated heterocycles. The highest BCUT2D eigenvalue weighted by molar-refractivity contribution is 5.71. The minimum absolute atomic E-state index is 0.245. The Balaban J connectivity index is 2.59. The maximum absolute atomic E-state index is 13.9. The van der Waals surface area contributed by atoms with E-state index in [2.05, 4.69) is 16.8 Å². The summed E-state index contributed by atoms with van der Waals surface area (Å²) in [4.78, 5) is 0. The molecule has 1 aromatic carbocycles. The van der Waals surface area contributed by atoms with Crippen molar-refractivity contribution in [2.24, 2.45) is 0 Å². The lowest BCUT2D eigenvalue weighted by Gasteiger charge is -2.08. The zero-order chi connectivity index (χ0) is 11.7. The molecule has 2 nitrogen and oxygen atoms in total. The molecule has 82 valence electrons. The maximum atomic E-state index is 13.9. The highest BCUT2D eigenvalue weighted by atomic mass is 19.1. The van der Waals surface area contributed by atoms with E-state index in [1.54, 1.807) is 12.4 Å². The highest BCUT2D eigenvalue weighted by Crippen LogP contribution is 2.27. The van der Waals surface area contributed by atoms with Crippen molar-refractivity contribution >= 4 is 5.57 Å². The quantitative estimate of drug-likeness (QED) is 0.817. The van der Waals surface area contributed by atoms with E-state index < -0.39 is 0 Å². The lowest BCUT2D eigenvalue weighted by molar-refractivity contribution is 0.630. The molecule has 0 radical (unpaired) electrons. The number of hydrogen-bond acceptors (Lipinski definition) is 1. The summed E-state index contributed by atoms with van der Waals surface area (Å²) >= 11 is 0. The summed E-state index contributed by atoms with van der Waals surface area (Å²) < 4.78 is 13.9. The third-order valence-corrected chi connectivity index (χ3v) is 2.58. The fourth-order valence-corrected chi connectivity index (χ4v) is 1.76. The fraction of sp³-hybridized carbons (Fsp3) is 0.154. The first-order valence-corrected chi connectivity index (χ1v) is 5.05. The van der Waals surface area contributed by atoms with Crippen LogP contribution < -0.4 is 0 Å². The van der Waals surface area contributed by atoms with Crippen LogP contribution in [0.1, 0.15) is 18.1 Å². The number of aromatic amines is 1. The number of allylic oxidation sites excluding steroid dienone is 1. The molecule has 1 aromatic heterocycles. The fourth-order valence-electron chi connectivity index (χ4n) is 1.76. The van der Waals surface area contributed by atoms with Crippen molar-refractivity contribution in [3.8, 4) is 11.1 Å². The second kappa shape index (κ2) is 3.93. The van der Waals surface area contributed by atoms with E-state index in [0.29, 0.717) is 5.56 Å². The van der Waals surface area contributed by atoms with E-state index in [4.69, 9.17) is 0 Å². The van der Waals surface area contributed by atoms with E-state index >= 15 is 0 Å². The van der Waals surface area contributed by atoms with E-state index in [-0.39, 0.29) is 5.82 Å². The lowest BCUT2D eigenvalue weighted by Crippen LogP contribution is -1.91. The smallest absolute Gasteiger partial charge is 0.131 e. The number of aryl methyl sites for hydroxylation is 1. The number of hydrogen-bond donors (Lipinski definition) is 1. The Hall–Kier alpha value is -1.90. The third-order valence-electron chi connectivity index (χ3n) is 2.58. The molecule has 0 aliphatic rings. The van der Waals surface area contributed by atoms with Crippen molar-refractivity contribution in [3.05, 3.63) is 48.0 Å². The van der Waals surface area contributed by atoms with Crippen LogP contribution in [-0.2, 0) is 0 Å². The van der Waals surface area contributed by atoms with Crippen LogP contribution in [0.3, 0.4) is 0 Å². The lowest BCUT2D eigenvalue weighted by atomic mass is 9.98. The number of aromatic nitrogens is 2. The van der Waals surface area contributed by atoms with Crippen molar-refractivity contribution in [1.29, 1.82) is 0 Å². The van der Waals surface area contributed by atoms with Crippen molar-refractivity contribution in [2.45, 2.75) is 13.8 Å². The van der Waals surface area contributed by atoms with Crippen molar-refractivity contribution < 1.29 is 4.39 Å². The molecule has 1 heterocycles. The summed E-state index contributed by atoms with van der Waals surface area (Å²) in [5, 5.41) is 6.50. The van der Waals surface area contributed by atoms with Gasteiger partial charge >= 0.3 is 0 Å². The SMILES string of the molecule is C=C(C)c1cc(F)c(-c2cn[nH]c2)cc1C. The Morgan fingerprint density at radius 3 is 2.75 bits per heavy atom. The van der Waals surface area contributed by atoms with Crippen LogP contribution >= 0.6 is 0 Å². The topological polar surface area (TPSA) is 28.7 Å². The predicted molar refractivity (Wildman–Crippen MR) is 63.4 cm³/mol. The molecule has 0 unspecified atom stereocenters.